The molecule has 5 nitrogen and oxygen atoms in total. The number of quaternary nitrogens is 1. The monoisotopic (exact) mass is 314 g/mol. The smallest absolute Gasteiger partial charge is 0.168 e. The van der Waals surface area contributed by atoms with Gasteiger partial charge < -0.3 is 10.0 Å². The van der Waals surface area contributed by atoms with Crippen molar-refractivity contribution in [3.05, 3.63) is 47.2 Å². The maximum Gasteiger partial charge on any atom is 0.168 e. The molecule has 3 rings (SSSR count). The lowest BCUT2D eigenvalue weighted by atomic mass is 9.83. The van der Waals surface area contributed by atoms with Crippen molar-refractivity contribution in [2.45, 2.75) is 18.8 Å². The maximum atomic E-state index is 12.4. The summed E-state index contributed by atoms with van der Waals surface area (Å²) >= 11 is 0. The first-order valence-corrected chi connectivity index (χ1v) is 8.24. The molecule has 1 aromatic carbocycles. The van der Waals surface area contributed by atoms with E-state index in [1.807, 2.05) is 35.3 Å². The van der Waals surface area contributed by atoms with Crippen LogP contribution in [0.2, 0.25) is 0 Å². The van der Waals surface area contributed by atoms with Gasteiger partial charge in [-0.15, -0.1) is 0 Å². The number of rotatable bonds is 3. The second-order valence-corrected chi connectivity index (χ2v) is 6.45. The van der Waals surface area contributed by atoms with Crippen molar-refractivity contribution in [3.63, 3.8) is 0 Å². The van der Waals surface area contributed by atoms with Crippen molar-refractivity contribution >= 4 is 12.0 Å². The third-order valence-electron chi connectivity index (χ3n) is 4.70. The third-order valence-corrected chi connectivity index (χ3v) is 4.70. The highest BCUT2D eigenvalue weighted by atomic mass is 16.3. The fraction of sp³-hybridized carbons (Fsp3) is 0.444. The molecule has 1 aliphatic heterocycles. The fourth-order valence-corrected chi connectivity index (χ4v) is 3.15. The molecule has 1 atom stereocenters. The molecule has 0 saturated carbocycles. The molecule has 1 aromatic rings. The Morgan fingerprint density at radius 2 is 1.91 bits per heavy atom. The van der Waals surface area contributed by atoms with Crippen LogP contribution < -0.4 is 4.90 Å². The standard InChI is InChI=1S/C18H23N3O2/c1-20-7-9-21(10-8-20)19-13-16-17(22)11-15(12-18(16)23)14-5-3-2-4-6-14/h2-6,13,15,22H,7-12H2,1H3/p+1/b19-13+. The highest BCUT2D eigenvalue weighted by Gasteiger charge is 2.28. The molecule has 1 fully saturated rings. The average molecular weight is 314 g/mol. The van der Waals surface area contributed by atoms with Crippen LogP contribution >= 0.6 is 0 Å². The molecule has 1 unspecified atom stereocenters. The number of piperazine rings is 1. The summed E-state index contributed by atoms with van der Waals surface area (Å²) in [6, 6.07) is 9.91. The zero-order chi connectivity index (χ0) is 16.2. The van der Waals surface area contributed by atoms with Crippen LogP contribution in [0.1, 0.15) is 24.3 Å². The van der Waals surface area contributed by atoms with Gasteiger partial charge in [0.1, 0.15) is 5.76 Å². The van der Waals surface area contributed by atoms with Crippen LogP contribution in [0.25, 0.3) is 0 Å². The summed E-state index contributed by atoms with van der Waals surface area (Å²) in [5.74, 6) is 0.206. The normalized spacial score (nSPS) is 23.8. The predicted octanol–water partition coefficient (Wildman–Crippen LogP) is 0.761. The summed E-state index contributed by atoms with van der Waals surface area (Å²) < 4.78 is 0. The number of hydrogen-bond donors (Lipinski definition) is 2. The topological polar surface area (TPSA) is 57.3 Å². The van der Waals surface area contributed by atoms with Gasteiger partial charge in [0.25, 0.3) is 0 Å². The van der Waals surface area contributed by atoms with Crippen molar-refractivity contribution in [1.29, 1.82) is 0 Å². The number of carbonyl (C=O) groups excluding carboxylic acids is 1. The number of nitrogens with zero attached hydrogens (tertiary/aromatic N) is 2. The minimum absolute atomic E-state index is 0.0221. The number of likely N-dealkylation sites (N-methyl/N-ethyl adjacent to an activating group) is 1. The highest BCUT2D eigenvalue weighted by Crippen LogP contribution is 2.32. The fourth-order valence-electron chi connectivity index (χ4n) is 3.15. The van der Waals surface area contributed by atoms with Gasteiger partial charge in [-0.05, 0) is 11.5 Å². The molecular weight excluding hydrogens is 290 g/mol. The van der Waals surface area contributed by atoms with E-state index in [4.69, 9.17) is 0 Å². The molecule has 0 radical (unpaired) electrons. The average Bonchev–Trinajstić information content (AvgIpc) is 2.56. The van der Waals surface area contributed by atoms with E-state index in [9.17, 15) is 9.90 Å². The number of aliphatic hydroxyl groups excluding tert-OH is 1. The lowest BCUT2D eigenvalue weighted by Gasteiger charge is -2.28. The molecule has 0 spiro atoms. The van der Waals surface area contributed by atoms with Crippen molar-refractivity contribution in [2.24, 2.45) is 5.10 Å². The van der Waals surface area contributed by atoms with E-state index in [2.05, 4.69) is 12.1 Å². The SMILES string of the molecule is C[NH+]1CCN(/N=C/C2=C(O)CC(c3ccccc3)CC2=O)CC1. The summed E-state index contributed by atoms with van der Waals surface area (Å²) in [5.41, 5.74) is 1.48. The van der Waals surface area contributed by atoms with Crippen molar-refractivity contribution in [3.8, 4) is 0 Å². The molecule has 1 heterocycles. The van der Waals surface area contributed by atoms with Gasteiger partial charge in [0, 0.05) is 12.8 Å². The number of hydrazone groups is 1. The molecule has 0 aromatic heterocycles. The van der Waals surface area contributed by atoms with Crippen LogP contribution in [0.3, 0.4) is 0 Å². The zero-order valence-electron chi connectivity index (χ0n) is 13.5. The van der Waals surface area contributed by atoms with Gasteiger partial charge in [-0.3, -0.25) is 9.80 Å². The van der Waals surface area contributed by atoms with Gasteiger partial charge in [-0.25, -0.2) is 0 Å². The van der Waals surface area contributed by atoms with E-state index in [0.717, 1.165) is 31.7 Å². The van der Waals surface area contributed by atoms with Gasteiger partial charge in [0.15, 0.2) is 5.78 Å². The number of benzene rings is 1. The van der Waals surface area contributed by atoms with E-state index in [-0.39, 0.29) is 17.5 Å². The van der Waals surface area contributed by atoms with E-state index >= 15 is 0 Å². The van der Waals surface area contributed by atoms with Gasteiger partial charge in [0.2, 0.25) is 0 Å². The molecule has 0 amide bonds. The third kappa shape index (κ3) is 3.79. The molecule has 1 aliphatic carbocycles. The predicted molar refractivity (Wildman–Crippen MR) is 89.8 cm³/mol. The Labute approximate surface area is 136 Å². The van der Waals surface area contributed by atoms with E-state index in [0.29, 0.717) is 18.4 Å². The van der Waals surface area contributed by atoms with Gasteiger partial charge in [0.05, 0.1) is 45.0 Å². The van der Waals surface area contributed by atoms with E-state index in [1.165, 1.54) is 4.90 Å². The summed E-state index contributed by atoms with van der Waals surface area (Å²) in [4.78, 5) is 13.9. The number of ketones is 1. The van der Waals surface area contributed by atoms with Crippen LogP contribution in [0.15, 0.2) is 46.8 Å². The molecule has 5 heteroatoms. The first kappa shape index (κ1) is 15.7. The first-order chi connectivity index (χ1) is 11.1. The Bertz CT molecular complexity index is 616. The van der Waals surface area contributed by atoms with Crippen LogP contribution in [0, 0.1) is 0 Å². The Balaban J connectivity index is 1.69. The Hall–Kier alpha value is -2.14. The second-order valence-electron chi connectivity index (χ2n) is 6.45. The van der Waals surface area contributed by atoms with Crippen molar-refractivity contribution < 1.29 is 14.8 Å². The Kier molecular flexibility index (Phi) is 4.76. The van der Waals surface area contributed by atoms with Gasteiger partial charge in [-0.2, -0.15) is 5.10 Å². The van der Waals surface area contributed by atoms with Crippen molar-refractivity contribution in [2.75, 3.05) is 33.2 Å². The number of aliphatic hydroxyl groups is 1. The molecule has 23 heavy (non-hydrogen) atoms. The van der Waals surface area contributed by atoms with Gasteiger partial charge >= 0.3 is 0 Å². The molecular formula is C18H24N3O2+. The first-order valence-electron chi connectivity index (χ1n) is 8.24. The maximum absolute atomic E-state index is 12.4. The number of hydrogen-bond acceptors (Lipinski definition) is 4. The van der Waals surface area contributed by atoms with Crippen LogP contribution in [0.5, 0.6) is 0 Å². The molecule has 0 bridgehead atoms. The van der Waals surface area contributed by atoms with E-state index < -0.39 is 0 Å². The largest absolute Gasteiger partial charge is 0.511 e. The number of allylic oxidation sites excluding steroid dienone is 2. The number of carbonyl (C=O) groups is 1. The molecule has 2 aliphatic rings. The lowest BCUT2D eigenvalue weighted by molar-refractivity contribution is -0.884. The molecule has 122 valence electrons. The zero-order valence-corrected chi connectivity index (χ0v) is 13.5. The van der Waals surface area contributed by atoms with Crippen LogP contribution in [0.4, 0.5) is 0 Å². The summed E-state index contributed by atoms with van der Waals surface area (Å²) in [6.45, 7) is 3.87. The molecule has 2 N–H and O–H groups in total. The van der Waals surface area contributed by atoms with Crippen molar-refractivity contribution in [1.82, 2.24) is 5.01 Å². The Morgan fingerprint density at radius 1 is 1.22 bits per heavy atom. The lowest BCUT2D eigenvalue weighted by Crippen LogP contribution is -3.11. The molecule has 1 saturated heterocycles. The second kappa shape index (κ2) is 6.96. The van der Waals surface area contributed by atoms with Crippen LogP contribution in [-0.2, 0) is 4.79 Å². The van der Waals surface area contributed by atoms with Crippen LogP contribution in [-0.4, -0.2) is 55.3 Å². The quantitative estimate of drug-likeness (QED) is 0.810. The highest BCUT2D eigenvalue weighted by molar-refractivity contribution is 6.14. The van der Waals surface area contributed by atoms with Gasteiger partial charge in [-0.1, -0.05) is 30.3 Å². The minimum Gasteiger partial charge on any atom is -0.511 e. The summed E-state index contributed by atoms with van der Waals surface area (Å²) in [5, 5.41) is 16.7. The number of nitrogens with one attached hydrogen (secondary N) is 1. The number of Topliss-reactive ketones (excluding diaryl/α,β-unsaturated/α-hetero) is 1. The summed E-state index contributed by atoms with van der Waals surface area (Å²) in [7, 11) is 2.17. The summed E-state index contributed by atoms with van der Waals surface area (Å²) in [6.07, 6.45) is 2.49. The Morgan fingerprint density at radius 3 is 2.57 bits per heavy atom. The van der Waals surface area contributed by atoms with E-state index in [1.54, 1.807) is 6.21 Å². The minimum atomic E-state index is -0.0221.